The summed E-state index contributed by atoms with van der Waals surface area (Å²) in [4.78, 5) is 2.58. The van der Waals surface area contributed by atoms with Crippen LogP contribution in [0.15, 0.2) is 0 Å². The minimum Gasteiger partial charge on any atom is -0.376 e. The fraction of sp³-hybridized carbons (Fsp3) is 1.00. The van der Waals surface area contributed by atoms with Gasteiger partial charge >= 0.3 is 0 Å². The topological polar surface area (TPSA) is 24.5 Å². The summed E-state index contributed by atoms with van der Waals surface area (Å²) in [6, 6.07) is 0. The SMILES string of the molecule is CCCNCCCCCCN1CCOC(CC)C1. The molecule has 3 heteroatoms. The van der Waals surface area contributed by atoms with Crippen molar-refractivity contribution in [3.63, 3.8) is 0 Å². The van der Waals surface area contributed by atoms with E-state index in [-0.39, 0.29) is 0 Å². The Morgan fingerprint density at radius 3 is 2.72 bits per heavy atom. The van der Waals surface area contributed by atoms with Gasteiger partial charge in [-0.25, -0.2) is 0 Å². The summed E-state index contributed by atoms with van der Waals surface area (Å²) in [7, 11) is 0. The molecule has 3 nitrogen and oxygen atoms in total. The van der Waals surface area contributed by atoms with E-state index >= 15 is 0 Å². The van der Waals surface area contributed by atoms with E-state index in [1.165, 1.54) is 51.7 Å². The minimum atomic E-state index is 0.483. The van der Waals surface area contributed by atoms with Crippen molar-refractivity contribution in [3.8, 4) is 0 Å². The van der Waals surface area contributed by atoms with E-state index in [1.807, 2.05) is 0 Å². The molecule has 0 saturated carbocycles. The Kier molecular flexibility index (Phi) is 9.54. The van der Waals surface area contributed by atoms with Crippen molar-refractivity contribution < 1.29 is 4.74 Å². The van der Waals surface area contributed by atoms with Crippen LogP contribution in [0.5, 0.6) is 0 Å². The van der Waals surface area contributed by atoms with Crippen LogP contribution in [0.3, 0.4) is 0 Å². The molecule has 0 aromatic heterocycles. The lowest BCUT2D eigenvalue weighted by Crippen LogP contribution is -2.42. The highest BCUT2D eigenvalue weighted by Crippen LogP contribution is 2.09. The molecule has 1 unspecified atom stereocenters. The standard InChI is InChI=1S/C15H32N2O/c1-3-9-16-10-7-5-6-8-11-17-12-13-18-15(4-2)14-17/h15-16H,3-14H2,1-2H3. The Balaban J connectivity index is 1.88. The summed E-state index contributed by atoms with van der Waals surface area (Å²) in [5.41, 5.74) is 0. The summed E-state index contributed by atoms with van der Waals surface area (Å²) in [5.74, 6) is 0. The number of morpholine rings is 1. The fourth-order valence-corrected chi connectivity index (χ4v) is 2.47. The second kappa shape index (κ2) is 10.8. The number of nitrogens with one attached hydrogen (secondary N) is 1. The molecule has 0 amide bonds. The van der Waals surface area contributed by atoms with Crippen LogP contribution in [0.4, 0.5) is 0 Å². The van der Waals surface area contributed by atoms with Gasteiger partial charge in [-0.3, -0.25) is 4.90 Å². The quantitative estimate of drug-likeness (QED) is 0.608. The van der Waals surface area contributed by atoms with Gasteiger partial charge in [0, 0.05) is 13.1 Å². The lowest BCUT2D eigenvalue weighted by atomic mass is 10.1. The van der Waals surface area contributed by atoms with Crippen LogP contribution < -0.4 is 5.32 Å². The Hall–Kier alpha value is -0.120. The summed E-state index contributed by atoms with van der Waals surface area (Å²) in [6.45, 7) is 11.3. The zero-order valence-corrected chi connectivity index (χ0v) is 12.4. The van der Waals surface area contributed by atoms with Crippen molar-refractivity contribution in [2.45, 2.75) is 58.5 Å². The molecule has 1 saturated heterocycles. The number of rotatable bonds is 10. The minimum absolute atomic E-state index is 0.483. The second-order valence-electron chi connectivity index (χ2n) is 5.37. The Morgan fingerprint density at radius 1 is 1.11 bits per heavy atom. The van der Waals surface area contributed by atoms with Gasteiger partial charge in [-0.2, -0.15) is 0 Å². The van der Waals surface area contributed by atoms with Gasteiger partial charge in [0.1, 0.15) is 0 Å². The zero-order valence-electron chi connectivity index (χ0n) is 12.4. The molecule has 0 radical (unpaired) electrons. The van der Waals surface area contributed by atoms with Crippen LogP contribution in [0, 0.1) is 0 Å². The van der Waals surface area contributed by atoms with Gasteiger partial charge in [-0.05, 0) is 45.3 Å². The third-order valence-corrected chi connectivity index (χ3v) is 3.68. The van der Waals surface area contributed by atoms with Crippen molar-refractivity contribution in [1.82, 2.24) is 10.2 Å². The van der Waals surface area contributed by atoms with Gasteiger partial charge in [-0.15, -0.1) is 0 Å². The number of unbranched alkanes of at least 4 members (excludes halogenated alkanes) is 3. The molecule has 0 aromatic carbocycles. The van der Waals surface area contributed by atoms with E-state index in [0.717, 1.165) is 26.1 Å². The molecule has 1 atom stereocenters. The van der Waals surface area contributed by atoms with Crippen molar-refractivity contribution >= 4 is 0 Å². The Bertz CT molecular complexity index is 187. The smallest absolute Gasteiger partial charge is 0.0700 e. The predicted molar refractivity (Wildman–Crippen MR) is 78.1 cm³/mol. The van der Waals surface area contributed by atoms with Gasteiger partial charge in [0.05, 0.1) is 12.7 Å². The average Bonchev–Trinajstić information content (AvgIpc) is 2.42. The number of nitrogens with zero attached hydrogens (tertiary/aromatic N) is 1. The predicted octanol–water partition coefficient (Wildman–Crippen LogP) is 2.66. The summed E-state index contributed by atoms with van der Waals surface area (Å²) >= 11 is 0. The first kappa shape index (κ1) is 15.9. The first-order valence-electron chi connectivity index (χ1n) is 7.91. The number of hydrogen-bond acceptors (Lipinski definition) is 3. The van der Waals surface area contributed by atoms with Crippen LogP contribution >= 0.6 is 0 Å². The largest absolute Gasteiger partial charge is 0.376 e. The van der Waals surface area contributed by atoms with Crippen LogP contribution in [-0.4, -0.2) is 50.3 Å². The highest BCUT2D eigenvalue weighted by atomic mass is 16.5. The van der Waals surface area contributed by atoms with Crippen molar-refractivity contribution in [1.29, 1.82) is 0 Å². The number of hydrogen-bond donors (Lipinski definition) is 1. The number of ether oxygens (including phenoxy) is 1. The maximum atomic E-state index is 5.69. The highest BCUT2D eigenvalue weighted by molar-refractivity contribution is 4.70. The monoisotopic (exact) mass is 256 g/mol. The van der Waals surface area contributed by atoms with Crippen LogP contribution in [0.2, 0.25) is 0 Å². The third kappa shape index (κ3) is 7.34. The van der Waals surface area contributed by atoms with E-state index in [0.29, 0.717) is 6.10 Å². The fourth-order valence-electron chi connectivity index (χ4n) is 2.47. The van der Waals surface area contributed by atoms with Gasteiger partial charge in [0.25, 0.3) is 0 Å². The molecule has 1 heterocycles. The molecule has 0 spiro atoms. The maximum Gasteiger partial charge on any atom is 0.0700 e. The molecule has 1 aliphatic rings. The van der Waals surface area contributed by atoms with Crippen LogP contribution in [0.25, 0.3) is 0 Å². The van der Waals surface area contributed by atoms with E-state index in [2.05, 4.69) is 24.1 Å². The van der Waals surface area contributed by atoms with Crippen LogP contribution in [-0.2, 0) is 4.74 Å². The zero-order chi connectivity index (χ0) is 13.1. The maximum absolute atomic E-state index is 5.69. The lowest BCUT2D eigenvalue weighted by molar-refractivity contribution is -0.0299. The normalized spacial score (nSPS) is 21.3. The van der Waals surface area contributed by atoms with E-state index in [4.69, 9.17) is 4.74 Å². The molecule has 0 aromatic rings. The highest BCUT2D eigenvalue weighted by Gasteiger charge is 2.17. The Labute approximate surface area is 113 Å². The first-order chi connectivity index (χ1) is 8.86. The second-order valence-corrected chi connectivity index (χ2v) is 5.37. The van der Waals surface area contributed by atoms with Gasteiger partial charge in [-0.1, -0.05) is 26.7 Å². The summed E-state index contributed by atoms with van der Waals surface area (Å²) in [6.07, 6.45) is 8.32. The molecule has 1 N–H and O–H groups in total. The van der Waals surface area contributed by atoms with E-state index < -0.39 is 0 Å². The average molecular weight is 256 g/mol. The molecule has 18 heavy (non-hydrogen) atoms. The van der Waals surface area contributed by atoms with E-state index in [1.54, 1.807) is 0 Å². The molecule has 1 fully saturated rings. The molecule has 108 valence electrons. The van der Waals surface area contributed by atoms with E-state index in [9.17, 15) is 0 Å². The molecule has 0 bridgehead atoms. The lowest BCUT2D eigenvalue weighted by Gasteiger charge is -2.32. The molecule has 0 aliphatic carbocycles. The Morgan fingerprint density at radius 2 is 1.94 bits per heavy atom. The molecular weight excluding hydrogens is 224 g/mol. The molecular formula is C15H32N2O. The molecule has 1 aliphatic heterocycles. The summed E-state index contributed by atoms with van der Waals surface area (Å²) in [5, 5.41) is 3.46. The third-order valence-electron chi connectivity index (χ3n) is 3.68. The van der Waals surface area contributed by atoms with Gasteiger partial charge in [0.2, 0.25) is 0 Å². The van der Waals surface area contributed by atoms with Gasteiger partial charge in [0.15, 0.2) is 0 Å². The van der Waals surface area contributed by atoms with Crippen molar-refractivity contribution in [3.05, 3.63) is 0 Å². The molecule has 1 rings (SSSR count). The van der Waals surface area contributed by atoms with Crippen molar-refractivity contribution in [2.24, 2.45) is 0 Å². The van der Waals surface area contributed by atoms with Crippen molar-refractivity contribution in [2.75, 3.05) is 39.3 Å². The van der Waals surface area contributed by atoms with Crippen LogP contribution in [0.1, 0.15) is 52.4 Å². The first-order valence-corrected chi connectivity index (χ1v) is 7.91. The summed E-state index contributed by atoms with van der Waals surface area (Å²) < 4.78 is 5.69. The van der Waals surface area contributed by atoms with Gasteiger partial charge < -0.3 is 10.1 Å².